The Morgan fingerprint density at radius 2 is 2.10 bits per heavy atom. The second-order valence-electron chi connectivity index (χ2n) is 4.63. The second-order valence-corrected chi connectivity index (χ2v) is 8.11. The minimum absolute atomic E-state index is 0.0101. The van der Waals surface area contributed by atoms with Crippen molar-refractivity contribution >= 4 is 38.9 Å². The number of hydrogen-bond donors (Lipinski definition) is 2. The molecule has 21 heavy (non-hydrogen) atoms. The number of nitrogen functional groups attached to an aromatic ring is 1. The molecule has 0 unspecified atom stereocenters. The highest BCUT2D eigenvalue weighted by atomic mass is 32.2. The summed E-state index contributed by atoms with van der Waals surface area (Å²) in [5.41, 5.74) is 5.86. The van der Waals surface area contributed by atoms with Gasteiger partial charge in [0.05, 0.1) is 11.4 Å². The molecule has 0 aliphatic rings. The predicted molar refractivity (Wildman–Crippen MR) is 85.7 cm³/mol. The van der Waals surface area contributed by atoms with Crippen molar-refractivity contribution in [3.05, 3.63) is 24.0 Å². The fourth-order valence-corrected chi connectivity index (χ4v) is 3.73. The van der Waals surface area contributed by atoms with Crippen LogP contribution in [0, 0.1) is 5.82 Å². The van der Waals surface area contributed by atoms with Crippen LogP contribution in [0.15, 0.2) is 18.2 Å². The van der Waals surface area contributed by atoms with E-state index in [0.717, 1.165) is 0 Å². The SMILES string of the molecule is CS(=O)(=O)CCSCCCC(=O)Nc1ccc(F)c(N)c1. The quantitative estimate of drug-likeness (QED) is 0.560. The molecule has 0 saturated carbocycles. The van der Waals surface area contributed by atoms with Crippen molar-refractivity contribution in [3.63, 3.8) is 0 Å². The number of anilines is 2. The standard InChI is InChI=1S/C13H19FN2O3S2/c1-21(18,19)8-7-20-6-2-3-13(17)16-10-4-5-11(14)12(15)9-10/h4-5,9H,2-3,6-8,15H2,1H3,(H,16,17). The molecule has 5 nitrogen and oxygen atoms in total. The molecule has 0 aliphatic carbocycles. The summed E-state index contributed by atoms with van der Waals surface area (Å²) in [7, 11) is -2.92. The van der Waals surface area contributed by atoms with Crippen molar-refractivity contribution in [2.45, 2.75) is 12.8 Å². The van der Waals surface area contributed by atoms with E-state index in [0.29, 0.717) is 30.0 Å². The van der Waals surface area contributed by atoms with E-state index in [2.05, 4.69) is 5.32 Å². The number of hydrogen-bond acceptors (Lipinski definition) is 5. The normalized spacial score (nSPS) is 11.3. The largest absolute Gasteiger partial charge is 0.396 e. The lowest BCUT2D eigenvalue weighted by Gasteiger charge is -2.06. The van der Waals surface area contributed by atoms with Gasteiger partial charge in [-0.05, 0) is 30.4 Å². The molecule has 1 aromatic carbocycles. The number of halogens is 1. The molecule has 1 aromatic rings. The van der Waals surface area contributed by atoms with E-state index in [1.54, 1.807) is 0 Å². The number of nitrogens with one attached hydrogen (secondary N) is 1. The highest BCUT2D eigenvalue weighted by molar-refractivity contribution is 8.00. The molecule has 0 fully saturated rings. The smallest absolute Gasteiger partial charge is 0.224 e. The maximum absolute atomic E-state index is 13.0. The van der Waals surface area contributed by atoms with E-state index in [9.17, 15) is 17.6 Å². The van der Waals surface area contributed by atoms with Gasteiger partial charge in [-0.1, -0.05) is 0 Å². The zero-order valence-electron chi connectivity index (χ0n) is 11.8. The van der Waals surface area contributed by atoms with Crippen LogP contribution in [0.2, 0.25) is 0 Å². The van der Waals surface area contributed by atoms with Crippen LogP contribution in [0.1, 0.15) is 12.8 Å². The summed E-state index contributed by atoms with van der Waals surface area (Å²) >= 11 is 1.50. The van der Waals surface area contributed by atoms with E-state index in [1.807, 2.05) is 0 Å². The van der Waals surface area contributed by atoms with E-state index in [-0.39, 0.29) is 17.3 Å². The highest BCUT2D eigenvalue weighted by Gasteiger charge is 2.05. The molecule has 118 valence electrons. The average Bonchev–Trinajstić information content (AvgIpc) is 2.37. The summed E-state index contributed by atoms with van der Waals surface area (Å²) in [6, 6.07) is 4.02. The molecule has 0 aromatic heterocycles. The number of thioether (sulfide) groups is 1. The molecule has 8 heteroatoms. The van der Waals surface area contributed by atoms with Crippen LogP contribution in [0.5, 0.6) is 0 Å². The first kappa shape index (κ1) is 17.8. The van der Waals surface area contributed by atoms with Gasteiger partial charge < -0.3 is 11.1 Å². The molecular formula is C13H19FN2O3S2. The Labute approximate surface area is 128 Å². The first-order chi connectivity index (χ1) is 9.78. The van der Waals surface area contributed by atoms with Crippen molar-refractivity contribution < 1.29 is 17.6 Å². The average molecular weight is 334 g/mol. The zero-order valence-corrected chi connectivity index (χ0v) is 13.4. The Hall–Kier alpha value is -1.28. The summed E-state index contributed by atoms with van der Waals surface area (Å²) in [5.74, 6) is 0.710. The molecule has 0 saturated heterocycles. The van der Waals surface area contributed by atoms with Crippen molar-refractivity contribution in [2.75, 3.05) is 34.6 Å². The Balaban J connectivity index is 2.21. The van der Waals surface area contributed by atoms with Gasteiger partial charge in [0.2, 0.25) is 5.91 Å². The Bertz CT molecular complexity index is 591. The Morgan fingerprint density at radius 3 is 2.71 bits per heavy atom. The lowest BCUT2D eigenvalue weighted by molar-refractivity contribution is -0.116. The number of sulfone groups is 1. The number of carbonyl (C=O) groups is 1. The summed E-state index contributed by atoms with van der Waals surface area (Å²) in [5, 5.41) is 2.63. The predicted octanol–water partition coefficient (Wildman–Crippen LogP) is 1.90. The van der Waals surface area contributed by atoms with Gasteiger partial charge in [-0.15, -0.1) is 0 Å². The fraction of sp³-hybridized carbons (Fsp3) is 0.462. The molecule has 0 aliphatic heterocycles. The van der Waals surface area contributed by atoms with Gasteiger partial charge in [-0.3, -0.25) is 4.79 Å². The summed E-state index contributed by atoms with van der Waals surface area (Å²) < 4.78 is 34.8. The van der Waals surface area contributed by atoms with Crippen LogP contribution in [-0.4, -0.2) is 37.8 Å². The molecule has 0 atom stereocenters. The number of carbonyl (C=O) groups excluding carboxylic acids is 1. The molecule has 3 N–H and O–H groups in total. The van der Waals surface area contributed by atoms with E-state index < -0.39 is 15.7 Å². The van der Waals surface area contributed by atoms with Crippen molar-refractivity contribution in [1.29, 1.82) is 0 Å². The van der Waals surface area contributed by atoms with Crippen LogP contribution < -0.4 is 11.1 Å². The third-order valence-electron chi connectivity index (χ3n) is 2.57. The lowest BCUT2D eigenvalue weighted by Crippen LogP contribution is -2.12. The van der Waals surface area contributed by atoms with E-state index >= 15 is 0 Å². The minimum Gasteiger partial charge on any atom is -0.396 e. The van der Waals surface area contributed by atoms with E-state index in [1.165, 1.54) is 36.2 Å². The highest BCUT2D eigenvalue weighted by Crippen LogP contribution is 2.16. The molecular weight excluding hydrogens is 315 g/mol. The molecule has 0 bridgehead atoms. The van der Waals surface area contributed by atoms with Gasteiger partial charge >= 0.3 is 0 Å². The van der Waals surface area contributed by atoms with Gasteiger partial charge in [0.1, 0.15) is 15.7 Å². The molecule has 1 amide bonds. The van der Waals surface area contributed by atoms with Gasteiger partial charge in [0, 0.05) is 24.1 Å². The van der Waals surface area contributed by atoms with Crippen LogP contribution in [0.25, 0.3) is 0 Å². The number of benzene rings is 1. The van der Waals surface area contributed by atoms with Gasteiger partial charge in [-0.2, -0.15) is 11.8 Å². The lowest BCUT2D eigenvalue weighted by atomic mass is 10.2. The monoisotopic (exact) mass is 334 g/mol. The van der Waals surface area contributed by atoms with Gasteiger partial charge in [0.25, 0.3) is 0 Å². The van der Waals surface area contributed by atoms with Crippen LogP contribution >= 0.6 is 11.8 Å². The first-order valence-corrected chi connectivity index (χ1v) is 9.60. The van der Waals surface area contributed by atoms with E-state index in [4.69, 9.17) is 5.73 Å². The van der Waals surface area contributed by atoms with Gasteiger partial charge in [-0.25, -0.2) is 12.8 Å². The molecule has 0 radical (unpaired) electrons. The minimum atomic E-state index is -2.92. The first-order valence-electron chi connectivity index (χ1n) is 6.38. The number of rotatable bonds is 8. The number of amides is 1. The molecule has 1 rings (SSSR count). The zero-order chi connectivity index (χ0) is 15.9. The van der Waals surface area contributed by atoms with Crippen molar-refractivity contribution in [3.8, 4) is 0 Å². The summed E-state index contributed by atoms with van der Waals surface area (Å²) in [6.07, 6.45) is 2.18. The Morgan fingerprint density at radius 1 is 1.38 bits per heavy atom. The topological polar surface area (TPSA) is 89.3 Å². The molecule has 0 spiro atoms. The third kappa shape index (κ3) is 7.91. The number of nitrogens with two attached hydrogens (primary N) is 1. The van der Waals surface area contributed by atoms with Crippen LogP contribution in [0.3, 0.4) is 0 Å². The maximum Gasteiger partial charge on any atom is 0.224 e. The summed E-state index contributed by atoms with van der Waals surface area (Å²) in [4.78, 5) is 11.6. The van der Waals surface area contributed by atoms with Crippen LogP contribution in [0.4, 0.5) is 15.8 Å². The van der Waals surface area contributed by atoms with Crippen LogP contribution in [-0.2, 0) is 14.6 Å². The molecule has 0 heterocycles. The second kappa shape index (κ2) is 8.23. The van der Waals surface area contributed by atoms with Gasteiger partial charge in [0.15, 0.2) is 0 Å². The fourth-order valence-electron chi connectivity index (χ4n) is 1.49. The summed E-state index contributed by atoms with van der Waals surface area (Å²) in [6.45, 7) is 0. The third-order valence-corrected chi connectivity index (χ3v) is 4.85. The Kier molecular flexibility index (Phi) is 6.97. The van der Waals surface area contributed by atoms with Crippen molar-refractivity contribution in [1.82, 2.24) is 0 Å². The maximum atomic E-state index is 13.0. The van der Waals surface area contributed by atoms with Crippen molar-refractivity contribution in [2.24, 2.45) is 0 Å².